The normalized spacial score (nSPS) is 13.6. The maximum absolute atomic E-state index is 12.5. The summed E-state index contributed by atoms with van der Waals surface area (Å²) >= 11 is 0. The van der Waals surface area contributed by atoms with Crippen LogP contribution in [0.3, 0.4) is 0 Å². The number of rotatable bonds is 8. The first-order valence-corrected chi connectivity index (χ1v) is 12.0. The summed E-state index contributed by atoms with van der Waals surface area (Å²) in [5, 5.41) is 17.8. The van der Waals surface area contributed by atoms with Gasteiger partial charge in [0, 0.05) is 31.4 Å². The van der Waals surface area contributed by atoms with Crippen molar-refractivity contribution in [2.24, 2.45) is 5.92 Å². The fraction of sp³-hybridized carbons (Fsp3) is 0.286. The monoisotopic (exact) mass is 505 g/mol. The molecule has 0 saturated carbocycles. The molecule has 0 bridgehead atoms. The van der Waals surface area contributed by atoms with Gasteiger partial charge in [-0.3, -0.25) is 14.7 Å². The van der Waals surface area contributed by atoms with E-state index in [1.165, 1.54) is 5.56 Å². The number of hydrogen-bond acceptors (Lipinski definition) is 6. The van der Waals surface area contributed by atoms with E-state index in [0.717, 1.165) is 49.4 Å². The van der Waals surface area contributed by atoms with Gasteiger partial charge in [-0.05, 0) is 60.8 Å². The fourth-order valence-corrected chi connectivity index (χ4v) is 3.92. The Morgan fingerprint density at radius 2 is 1.57 bits per heavy atom. The number of carboxylic acids is 2. The van der Waals surface area contributed by atoms with Gasteiger partial charge in [-0.25, -0.2) is 9.59 Å². The van der Waals surface area contributed by atoms with Crippen LogP contribution in [0.25, 0.3) is 0 Å². The van der Waals surface area contributed by atoms with Crippen LogP contribution in [0.2, 0.25) is 0 Å². The minimum Gasteiger partial charge on any atom is -0.489 e. The van der Waals surface area contributed by atoms with E-state index in [1.54, 1.807) is 12.4 Å². The van der Waals surface area contributed by atoms with Crippen LogP contribution in [-0.2, 0) is 34.1 Å². The Morgan fingerprint density at radius 3 is 2.22 bits per heavy atom. The molecule has 37 heavy (non-hydrogen) atoms. The number of aliphatic carboxylic acids is 2. The van der Waals surface area contributed by atoms with E-state index in [2.05, 4.69) is 39.5 Å². The van der Waals surface area contributed by atoms with Crippen LogP contribution < -0.4 is 10.1 Å². The Kier molecular flexibility index (Phi) is 10.6. The Balaban J connectivity index is 0.000000568. The van der Waals surface area contributed by atoms with Crippen LogP contribution in [0.5, 0.6) is 5.75 Å². The number of ether oxygens (including phenoxy) is 1. The molecule has 2 heterocycles. The lowest BCUT2D eigenvalue weighted by Crippen LogP contribution is -2.40. The Labute approximate surface area is 215 Å². The van der Waals surface area contributed by atoms with E-state index in [4.69, 9.17) is 24.5 Å². The van der Waals surface area contributed by atoms with Gasteiger partial charge in [0.05, 0.1) is 0 Å². The summed E-state index contributed by atoms with van der Waals surface area (Å²) in [6, 6.07) is 22.4. The van der Waals surface area contributed by atoms with Gasteiger partial charge in [-0.2, -0.15) is 0 Å². The summed E-state index contributed by atoms with van der Waals surface area (Å²) in [6.07, 6.45) is 5.32. The van der Waals surface area contributed by atoms with Crippen molar-refractivity contribution in [2.75, 3.05) is 13.1 Å². The third-order valence-corrected chi connectivity index (χ3v) is 5.88. The average Bonchev–Trinajstić information content (AvgIpc) is 2.93. The van der Waals surface area contributed by atoms with Crippen LogP contribution in [0.4, 0.5) is 0 Å². The van der Waals surface area contributed by atoms with Crippen LogP contribution >= 0.6 is 0 Å². The van der Waals surface area contributed by atoms with Gasteiger partial charge in [-0.1, -0.05) is 48.5 Å². The van der Waals surface area contributed by atoms with Crippen molar-refractivity contribution in [1.29, 1.82) is 0 Å². The zero-order chi connectivity index (χ0) is 26.5. The van der Waals surface area contributed by atoms with Gasteiger partial charge >= 0.3 is 11.9 Å². The molecule has 4 rings (SSSR count). The van der Waals surface area contributed by atoms with Crippen molar-refractivity contribution in [3.63, 3.8) is 0 Å². The molecule has 0 atom stereocenters. The SMILES string of the molecule is O=C(NCc1cccnc1)C1CCN(Cc2cccc(OCc3ccccc3)c2)CC1.O=C(O)C(=O)O. The molecular formula is C28H31N3O6. The summed E-state index contributed by atoms with van der Waals surface area (Å²) in [6.45, 7) is 3.86. The summed E-state index contributed by atoms with van der Waals surface area (Å²) in [4.78, 5) is 37.2. The van der Waals surface area contributed by atoms with Crippen LogP contribution in [-0.4, -0.2) is 51.0 Å². The first kappa shape index (κ1) is 27.3. The van der Waals surface area contributed by atoms with Crippen molar-refractivity contribution in [3.8, 4) is 5.75 Å². The highest BCUT2D eigenvalue weighted by Gasteiger charge is 2.24. The Morgan fingerprint density at radius 1 is 0.892 bits per heavy atom. The zero-order valence-corrected chi connectivity index (χ0v) is 20.5. The molecule has 1 fully saturated rings. The highest BCUT2D eigenvalue weighted by molar-refractivity contribution is 6.27. The van der Waals surface area contributed by atoms with Gasteiger partial charge in [0.25, 0.3) is 0 Å². The second-order valence-corrected chi connectivity index (χ2v) is 8.66. The maximum Gasteiger partial charge on any atom is 0.414 e. The van der Waals surface area contributed by atoms with E-state index in [0.29, 0.717) is 13.2 Å². The van der Waals surface area contributed by atoms with Crippen molar-refractivity contribution in [2.45, 2.75) is 32.5 Å². The van der Waals surface area contributed by atoms with Crippen molar-refractivity contribution < 1.29 is 29.3 Å². The number of carbonyl (C=O) groups excluding carboxylic acids is 1. The molecule has 0 radical (unpaired) electrons. The van der Waals surface area contributed by atoms with Gasteiger partial charge < -0.3 is 20.3 Å². The zero-order valence-electron chi connectivity index (χ0n) is 20.5. The third kappa shape index (κ3) is 9.73. The first-order chi connectivity index (χ1) is 17.9. The van der Waals surface area contributed by atoms with Crippen molar-refractivity contribution in [3.05, 3.63) is 95.8 Å². The molecule has 2 aromatic carbocycles. The number of nitrogens with zero attached hydrogens (tertiary/aromatic N) is 2. The number of pyridine rings is 1. The highest BCUT2D eigenvalue weighted by atomic mass is 16.5. The van der Waals surface area contributed by atoms with Gasteiger partial charge in [0.2, 0.25) is 5.91 Å². The lowest BCUT2D eigenvalue weighted by Gasteiger charge is -2.31. The first-order valence-electron chi connectivity index (χ1n) is 12.0. The van der Waals surface area contributed by atoms with Gasteiger partial charge in [0.1, 0.15) is 12.4 Å². The molecule has 1 aliphatic rings. The minimum absolute atomic E-state index is 0.0912. The van der Waals surface area contributed by atoms with Gasteiger partial charge in [-0.15, -0.1) is 0 Å². The number of benzene rings is 2. The van der Waals surface area contributed by atoms with E-state index in [1.807, 2.05) is 42.5 Å². The summed E-state index contributed by atoms with van der Waals surface area (Å²) in [5.41, 5.74) is 3.43. The molecule has 9 nitrogen and oxygen atoms in total. The number of carboxylic acid groups (broad SMARTS) is 2. The molecule has 0 aliphatic carbocycles. The summed E-state index contributed by atoms with van der Waals surface area (Å²) < 4.78 is 5.96. The number of amides is 1. The Hall–Kier alpha value is -4.24. The largest absolute Gasteiger partial charge is 0.489 e. The molecule has 1 saturated heterocycles. The van der Waals surface area contributed by atoms with Crippen LogP contribution in [0.1, 0.15) is 29.5 Å². The predicted octanol–water partition coefficient (Wildman–Crippen LogP) is 3.34. The quantitative estimate of drug-likeness (QED) is 0.398. The van der Waals surface area contributed by atoms with Crippen LogP contribution in [0.15, 0.2) is 79.1 Å². The van der Waals surface area contributed by atoms with E-state index >= 15 is 0 Å². The predicted molar refractivity (Wildman–Crippen MR) is 137 cm³/mol. The lowest BCUT2D eigenvalue weighted by molar-refractivity contribution is -0.159. The molecular weight excluding hydrogens is 474 g/mol. The smallest absolute Gasteiger partial charge is 0.414 e. The lowest BCUT2D eigenvalue weighted by atomic mass is 9.95. The standard InChI is InChI=1S/C26H29N3O2.C2H2O4/c30-26(28-18-23-9-5-13-27-17-23)24-11-14-29(15-12-24)19-22-8-4-10-25(16-22)31-20-21-6-2-1-3-7-21;3-1(4)2(5)6/h1-10,13,16-17,24H,11-12,14-15,18-20H2,(H,28,30);(H,3,4)(H,5,6). The second-order valence-electron chi connectivity index (χ2n) is 8.66. The summed E-state index contributed by atoms with van der Waals surface area (Å²) in [5.74, 6) is -2.51. The number of hydrogen-bond donors (Lipinski definition) is 3. The topological polar surface area (TPSA) is 129 Å². The molecule has 1 aromatic heterocycles. The average molecular weight is 506 g/mol. The van der Waals surface area contributed by atoms with E-state index < -0.39 is 11.9 Å². The Bertz CT molecular complexity index is 1140. The molecule has 194 valence electrons. The highest BCUT2D eigenvalue weighted by Crippen LogP contribution is 2.21. The minimum atomic E-state index is -1.82. The molecule has 1 aliphatic heterocycles. The molecule has 0 spiro atoms. The molecule has 3 N–H and O–H groups in total. The number of nitrogens with one attached hydrogen (secondary N) is 1. The van der Waals surface area contributed by atoms with E-state index in [-0.39, 0.29) is 11.8 Å². The number of piperidine rings is 1. The van der Waals surface area contributed by atoms with Gasteiger partial charge in [0.15, 0.2) is 0 Å². The third-order valence-electron chi connectivity index (χ3n) is 5.88. The molecule has 1 amide bonds. The number of carbonyl (C=O) groups is 3. The van der Waals surface area contributed by atoms with Crippen LogP contribution in [0, 0.1) is 5.92 Å². The number of likely N-dealkylation sites (tertiary alicyclic amines) is 1. The molecule has 0 unspecified atom stereocenters. The van der Waals surface area contributed by atoms with Crippen molar-refractivity contribution in [1.82, 2.24) is 15.2 Å². The number of aromatic nitrogens is 1. The van der Waals surface area contributed by atoms with E-state index in [9.17, 15) is 4.79 Å². The second kappa shape index (κ2) is 14.4. The molecule has 9 heteroatoms. The molecule has 3 aromatic rings. The maximum atomic E-state index is 12.5. The van der Waals surface area contributed by atoms with Crippen molar-refractivity contribution >= 4 is 17.8 Å². The summed E-state index contributed by atoms with van der Waals surface area (Å²) in [7, 11) is 0. The fourth-order valence-electron chi connectivity index (χ4n) is 3.92.